The molecule has 35 heavy (non-hydrogen) atoms. The predicted molar refractivity (Wildman–Crippen MR) is 136 cm³/mol. The second-order valence-electron chi connectivity index (χ2n) is 12.0. The van der Waals surface area contributed by atoms with Crippen LogP contribution < -0.4 is 0 Å². The number of ether oxygens (including phenoxy) is 1. The Morgan fingerprint density at radius 3 is 2.83 bits per heavy atom. The van der Waals surface area contributed by atoms with E-state index in [9.17, 15) is 10.2 Å². The molecule has 6 heteroatoms. The van der Waals surface area contributed by atoms with Gasteiger partial charge >= 0.3 is 0 Å². The molecule has 3 aliphatic carbocycles. The topological polar surface area (TPSA) is 81.6 Å². The number of allylic oxidation sites excluding steroid dienone is 3. The van der Waals surface area contributed by atoms with Crippen LogP contribution in [0.25, 0.3) is 16.6 Å². The van der Waals surface area contributed by atoms with Crippen molar-refractivity contribution in [1.82, 2.24) is 14.9 Å². The van der Waals surface area contributed by atoms with Gasteiger partial charge in [0.25, 0.3) is 0 Å². The van der Waals surface area contributed by atoms with Crippen LogP contribution in [0.15, 0.2) is 53.9 Å². The van der Waals surface area contributed by atoms with E-state index in [0.717, 1.165) is 35.9 Å². The summed E-state index contributed by atoms with van der Waals surface area (Å²) in [5, 5.41) is 22.1. The number of aromatic amines is 1. The average molecular weight is 474 g/mol. The number of aliphatic hydroxyl groups excluding tert-OH is 2. The van der Waals surface area contributed by atoms with Crippen molar-refractivity contribution in [1.29, 1.82) is 0 Å². The fraction of sp³-hybridized carbons (Fsp3) is 0.552. The highest BCUT2D eigenvalue weighted by Crippen LogP contribution is 2.69. The molecule has 7 rings (SSSR count). The van der Waals surface area contributed by atoms with E-state index in [1.54, 1.807) is 6.33 Å². The summed E-state index contributed by atoms with van der Waals surface area (Å²) < 4.78 is 7.26. The number of nitrogens with one attached hydrogen (secondary N) is 1. The van der Waals surface area contributed by atoms with E-state index >= 15 is 0 Å². The molecule has 1 aromatic carbocycles. The summed E-state index contributed by atoms with van der Waals surface area (Å²) in [6.07, 6.45) is 10.6. The Hall–Kier alpha value is -2.25. The molecule has 2 bridgehead atoms. The zero-order chi connectivity index (χ0) is 24.3. The van der Waals surface area contributed by atoms with Crippen molar-refractivity contribution in [2.75, 3.05) is 14.1 Å². The molecule has 1 saturated carbocycles. The molecule has 1 aromatic heterocycles. The molecule has 5 aliphatic rings. The zero-order valence-electron chi connectivity index (χ0n) is 21.0. The van der Waals surface area contributed by atoms with Crippen LogP contribution in [0.2, 0.25) is 0 Å². The van der Waals surface area contributed by atoms with Gasteiger partial charge < -0.3 is 24.8 Å². The summed E-state index contributed by atoms with van der Waals surface area (Å²) in [4.78, 5) is 9.74. The molecule has 1 saturated heterocycles. The maximum absolute atomic E-state index is 11.2. The van der Waals surface area contributed by atoms with Crippen LogP contribution in [0.4, 0.5) is 0 Å². The lowest BCUT2D eigenvalue weighted by atomic mass is 9.54. The molecule has 8 atom stereocenters. The Morgan fingerprint density at radius 1 is 1.20 bits per heavy atom. The largest absolute Gasteiger partial charge is 0.388 e. The van der Waals surface area contributed by atoms with Crippen molar-refractivity contribution in [3.63, 3.8) is 0 Å². The van der Waals surface area contributed by atoms with Crippen molar-refractivity contribution in [3.05, 3.63) is 59.5 Å². The maximum Gasteiger partial charge on any atom is 0.105 e. The lowest BCUT2D eigenvalue weighted by Gasteiger charge is -2.57. The number of aliphatic hydroxyl groups is 2. The standard InChI is InChI=1S/C29H35N3O3/c1-16-11-18-13-20-25(33)26(34)23(32(3)4)14-28(20)9-10-29(18,35-28)24-8-6-19(27(16,24)2)17-5-7-21-22(12-17)31-15-30-21/h5-7,11-13,15-16,23-26,33-34H,8-10,14H2,1-4H3,(H,30,31)/t16?,23-,24?,25+,26+,27+,28+,29+/m0/s1. The fourth-order valence-electron chi connectivity index (χ4n) is 8.36. The van der Waals surface area contributed by atoms with Crippen molar-refractivity contribution in [3.8, 4) is 0 Å². The van der Waals surface area contributed by atoms with Crippen molar-refractivity contribution < 1.29 is 14.9 Å². The number of rotatable bonds is 2. The molecule has 3 N–H and O–H groups in total. The van der Waals surface area contributed by atoms with E-state index in [1.165, 1.54) is 16.7 Å². The van der Waals surface area contributed by atoms with Gasteiger partial charge in [0.15, 0.2) is 0 Å². The van der Waals surface area contributed by atoms with E-state index in [2.05, 4.69) is 60.2 Å². The van der Waals surface area contributed by atoms with E-state index < -0.39 is 17.8 Å². The summed E-state index contributed by atoms with van der Waals surface area (Å²) in [6.45, 7) is 4.75. The molecule has 2 spiro atoms. The minimum Gasteiger partial charge on any atom is -0.388 e. The number of nitrogens with zero attached hydrogens (tertiary/aromatic N) is 2. The van der Waals surface area contributed by atoms with Crippen molar-refractivity contribution in [2.45, 2.75) is 69.0 Å². The number of fused-ring (bicyclic) bond motifs is 2. The first-order valence-corrected chi connectivity index (χ1v) is 13.0. The van der Waals surface area contributed by atoms with E-state index in [-0.39, 0.29) is 17.1 Å². The molecular formula is C29H35N3O3. The van der Waals surface area contributed by atoms with Gasteiger partial charge in [-0.25, -0.2) is 4.98 Å². The molecule has 3 heterocycles. The fourth-order valence-corrected chi connectivity index (χ4v) is 8.36. The van der Waals surface area contributed by atoms with Crippen LogP contribution in [0.3, 0.4) is 0 Å². The third kappa shape index (κ3) is 2.61. The molecule has 0 radical (unpaired) electrons. The minimum absolute atomic E-state index is 0.0574. The smallest absolute Gasteiger partial charge is 0.105 e. The Morgan fingerprint density at radius 2 is 2.03 bits per heavy atom. The number of hydrogen-bond acceptors (Lipinski definition) is 5. The van der Waals surface area contributed by atoms with Crippen molar-refractivity contribution >= 4 is 16.6 Å². The number of hydrogen-bond donors (Lipinski definition) is 3. The van der Waals surface area contributed by atoms with E-state index in [1.807, 2.05) is 19.0 Å². The summed E-state index contributed by atoms with van der Waals surface area (Å²) in [6, 6.07) is 6.44. The average Bonchev–Trinajstić information content (AvgIpc) is 3.52. The third-order valence-corrected chi connectivity index (χ3v) is 10.4. The molecule has 0 amide bonds. The van der Waals surface area contributed by atoms with Crippen LogP contribution in [0.5, 0.6) is 0 Å². The predicted octanol–water partition coefficient (Wildman–Crippen LogP) is 3.83. The van der Waals surface area contributed by atoms with Crippen LogP contribution in [0, 0.1) is 17.3 Å². The Kier molecular flexibility index (Phi) is 4.36. The number of H-pyrrole nitrogens is 1. The van der Waals surface area contributed by atoms with E-state index in [4.69, 9.17) is 4.74 Å². The second-order valence-corrected chi connectivity index (χ2v) is 12.0. The highest BCUT2D eigenvalue weighted by molar-refractivity contribution is 5.83. The third-order valence-electron chi connectivity index (χ3n) is 10.4. The number of aromatic nitrogens is 2. The van der Waals surface area contributed by atoms with Crippen LogP contribution in [0.1, 0.15) is 45.1 Å². The number of imidazole rings is 1. The molecule has 6 nitrogen and oxygen atoms in total. The Labute approximate surface area is 206 Å². The molecule has 2 aromatic rings. The summed E-state index contributed by atoms with van der Waals surface area (Å²) >= 11 is 0. The summed E-state index contributed by atoms with van der Waals surface area (Å²) in [5.74, 6) is 0.638. The first kappa shape index (κ1) is 22.0. The lowest BCUT2D eigenvalue weighted by Crippen LogP contribution is -2.62. The van der Waals surface area contributed by atoms with Gasteiger partial charge in [0, 0.05) is 17.4 Å². The van der Waals surface area contributed by atoms with Gasteiger partial charge in [0.05, 0.1) is 34.7 Å². The first-order valence-electron chi connectivity index (χ1n) is 13.0. The van der Waals surface area contributed by atoms with Gasteiger partial charge in [-0.1, -0.05) is 38.1 Å². The Bertz CT molecular complexity index is 1320. The van der Waals surface area contributed by atoms with Crippen LogP contribution >= 0.6 is 0 Å². The summed E-state index contributed by atoms with van der Waals surface area (Å²) in [5.41, 5.74) is 5.90. The molecule has 2 aliphatic heterocycles. The molecule has 2 unspecified atom stereocenters. The van der Waals surface area contributed by atoms with Crippen molar-refractivity contribution in [2.24, 2.45) is 17.3 Å². The highest BCUT2D eigenvalue weighted by Gasteiger charge is 2.68. The molecule has 184 valence electrons. The van der Waals surface area contributed by atoms with Gasteiger partial charge in [-0.05, 0) is 80.1 Å². The van der Waals surface area contributed by atoms with Crippen LogP contribution in [-0.2, 0) is 4.74 Å². The zero-order valence-corrected chi connectivity index (χ0v) is 21.0. The number of likely N-dealkylation sites (N-methyl/N-ethyl adjacent to an activating group) is 1. The van der Waals surface area contributed by atoms with Gasteiger partial charge in [-0.15, -0.1) is 0 Å². The molecule has 2 fully saturated rings. The summed E-state index contributed by atoms with van der Waals surface area (Å²) in [7, 11) is 3.96. The van der Waals surface area contributed by atoms with E-state index in [0.29, 0.717) is 18.3 Å². The monoisotopic (exact) mass is 473 g/mol. The molecular weight excluding hydrogens is 438 g/mol. The highest BCUT2D eigenvalue weighted by atomic mass is 16.5. The first-order chi connectivity index (χ1) is 16.7. The quantitative estimate of drug-likeness (QED) is 0.618. The number of benzene rings is 1. The maximum atomic E-state index is 11.2. The SMILES string of the molecule is CC1C=C2C=C3[C@@H](O)[C@H](O)[C@@H](N(C)C)C[C@]34CC[C@]2(O4)C2CC=C(c3ccc4[nH]cnc4c3)[C@@]12C. The van der Waals surface area contributed by atoms with Gasteiger partial charge in [-0.2, -0.15) is 0 Å². The normalized spacial score (nSPS) is 44.0. The second kappa shape index (κ2) is 6.94. The minimum atomic E-state index is -0.894. The van der Waals surface area contributed by atoms with Gasteiger partial charge in [-0.3, -0.25) is 0 Å². The van der Waals surface area contributed by atoms with Gasteiger partial charge in [0.2, 0.25) is 0 Å². The van der Waals surface area contributed by atoms with Crippen LogP contribution in [-0.4, -0.2) is 68.6 Å². The Balaban J connectivity index is 1.33. The van der Waals surface area contributed by atoms with Gasteiger partial charge in [0.1, 0.15) is 6.10 Å². The lowest BCUT2D eigenvalue weighted by molar-refractivity contribution is -0.165.